The van der Waals surface area contributed by atoms with Gasteiger partial charge in [-0.1, -0.05) is 0 Å². The molecule has 0 saturated heterocycles. The summed E-state index contributed by atoms with van der Waals surface area (Å²) in [4.78, 5) is 12.6. The smallest absolute Gasteiger partial charge is 0.302 e. The Labute approximate surface area is 79.5 Å². The molecule has 72 valence electrons. The minimum Gasteiger partial charge on any atom is -0.466 e. The van der Waals surface area contributed by atoms with Gasteiger partial charge < -0.3 is 9.64 Å². The van der Waals surface area contributed by atoms with Gasteiger partial charge in [0.2, 0.25) is 0 Å². The Hall–Kier alpha value is -0.280. The summed E-state index contributed by atoms with van der Waals surface area (Å²) in [5.41, 5.74) is 0. The van der Waals surface area contributed by atoms with Gasteiger partial charge in [0.15, 0.2) is 0 Å². The lowest BCUT2D eigenvalue weighted by molar-refractivity contribution is -0.141. The van der Waals surface area contributed by atoms with Crippen LogP contribution in [0.4, 0.5) is 0 Å². The van der Waals surface area contributed by atoms with Crippen LogP contribution in [0, 0.1) is 5.92 Å². The van der Waals surface area contributed by atoms with Crippen LogP contribution in [0.2, 0.25) is 0 Å². The van der Waals surface area contributed by atoms with E-state index in [1.165, 1.54) is 13.3 Å². The molecule has 1 aliphatic rings. The second-order valence-corrected chi connectivity index (χ2v) is 3.33. The van der Waals surface area contributed by atoms with Gasteiger partial charge in [0.05, 0.1) is 6.61 Å². The van der Waals surface area contributed by atoms with Crippen molar-refractivity contribution in [1.82, 2.24) is 4.90 Å². The van der Waals surface area contributed by atoms with Crippen LogP contribution in [-0.4, -0.2) is 37.6 Å². The average Bonchev–Trinajstić information content (AvgIpc) is 2.61. The van der Waals surface area contributed by atoms with Gasteiger partial charge in [0, 0.05) is 18.9 Å². The minimum atomic E-state index is -0.172. The summed E-state index contributed by atoms with van der Waals surface area (Å²) in [6.45, 7) is 2.05. The third-order valence-corrected chi connectivity index (χ3v) is 2.05. The summed E-state index contributed by atoms with van der Waals surface area (Å²) >= 11 is 0. The molecule has 0 aromatic rings. The summed E-state index contributed by atoms with van der Waals surface area (Å²) in [5, 5.41) is 0. The zero-order valence-electron chi connectivity index (χ0n) is 7.74. The molecule has 2 atom stereocenters. The van der Waals surface area contributed by atoms with Gasteiger partial charge in [0.1, 0.15) is 0 Å². The largest absolute Gasteiger partial charge is 0.466 e. The Kier molecular flexibility index (Phi) is 4.57. The third kappa shape index (κ3) is 3.41. The summed E-state index contributed by atoms with van der Waals surface area (Å²) in [7, 11) is 4.11. The van der Waals surface area contributed by atoms with Crippen molar-refractivity contribution >= 4 is 18.4 Å². The zero-order chi connectivity index (χ0) is 8.43. The highest BCUT2D eigenvalue weighted by Gasteiger charge is 2.39. The SMILES string of the molecule is CC(=O)OC[C@@H]1C[C@@H]1N(C)C.Cl. The number of halogens is 1. The van der Waals surface area contributed by atoms with Gasteiger partial charge in [-0.15, -0.1) is 12.4 Å². The molecule has 0 bridgehead atoms. The second-order valence-electron chi connectivity index (χ2n) is 3.33. The van der Waals surface area contributed by atoms with Crippen molar-refractivity contribution < 1.29 is 9.53 Å². The van der Waals surface area contributed by atoms with Crippen LogP contribution in [0.5, 0.6) is 0 Å². The van der Waals surface area contributed by atoms with E-state index < -0.39 is 0 Å². The Balaban J connectivity index is 0.00000121. The highest BCUT2D eigenvalue weighted by Crippen LogP contribution is 2.34. The van der Waals surface area contributed by atoms with Crippen LogP contribution in [0.15, 0.2) is 0 Å². The average molecular weight is 194 g/mol. The first-order chi connectivity index (χ1) is 5.11. The van der Waals surface area contributed by atoms with E-state index in [1.54, 1.807) is 0 Å². The van der Waals surface area contributed by atoms with E-state index in [-0.39, 0.29) is 18.4 Å². The van der Waals surface area contributed by atoms with Gasteiger partial charge in [-0.2, -0.15) is 0 Å². The molecule has 12 heavy (non-hydrogen) atoms. The van der Waals surface area contributed by atoms with Crippen LogP contribution in [0.25, 0.3) is 0 Å². The lowest BCUT2D eigenvalue weighted by Crippen LogP contribution is -2.18. The van der Waals surface area contributed by atoms with Crippen molar-refractivity contribution in [2.45, 2.75) is 19.4 Å². The predicted octanol–water partition coefficient (Wildman–Crippen LogP) is 0.921. The monoisotopic (exact) mass is 193 g/mol. The molecular weight excluding hydrogens is 178 g/mol. The van der Waals surface area contributed by atoms with Crippen LogP contribution < -0.4 is 0 Å². The van der Waals surface area contributed by atoms with E-state index >= 15 is 0 Å². The quantitative estimate of drug-likeness (QED) is 0.625. The van der Waals surface area contributed by atoms with E-state index in [9.17, 15) is 4.79 Å². The van der Waals surface area contributed by atoms with E-state index in [0.717, 1.165) is 0 Å². The lowest BCUT2D eigenvalue weighted by Gasteiger charge is -2.07. The first-order valence-electron chi connectivity index (χ1n) is 3.91. The lowest BCUT2D eigenvalue weighted by atomic mass is 10.4. The molecule has 0 heterocycles. The van der Waals surface area contributed by atoms with Crippen molar-refractivity contribution in [2.75, 3.05) is 20.7 Å². The predicted molar refractivity (Wildman–Crippen MR) is 49.5 cm³/mol. The third-order valence-electron chi connectivity index (χ3n) is 2.05. The molecule has 1 fully saturated rings. The number of hydrogen-bond donors (Lipinski definition) is 0. The number of nitrogens with zero attached hydrogens (tertiary/aromatic N) is 1. The van der Waals surface area contributed by atoms with E-state index in [2.05, 4.69) is 19.0 Å². The second kappa shape index (κ2) is 4.67. The molecule has 4 heteroatoms. The van der Waals surface area contributed by atoms with Crippen molar-refractivity contribution in [3.8, 4) is 0 Å². The zero-order valence-corrected chi connectivity index (χ0v) is 8.56. The molecule has 0 N–H and O–H groups in total. The maximum Gasteiger partial charge on any atom is 0.302 e. The van der Waals surface area contributed by atoms with E-state index in [0.29, 0.717) is 18.6 Å². The molecule has 3 nitrogen and oxygen atoms in total. The van der Waals surface area contributed by atoms with Gasteiger partial charge in [-0.05, 0) is 20.5 Å². The number of rotatable bonds is 3. The minimum absolute atomic E-state index is 0. The van der Waals surface area contributed by atoms with Gasteiger partial charge >= 0.3 is 5.97 Å². The maximum absolute atomic E-state index is 10.4. The molecule has 0 radical (unpaired) electrons. The van der Waals surface area contributed by atoms with Crippen LogP contribution in [0.1, 0.15) is 13.3 Å². The summed E-state index contributed by atoms with van der Waals surface area (Å²) in [6, 6.07) is 0.634. The normalized spacial score (nSPS) is 26.3. The highest BCUT2D eigenvalue weighted by atomic mass is 35.5. The molecule has 0 aromatic heterocycles. The highest BCUT2D eigenvalue weighted by molar-refractivity contribution is 5.85. The van der Waals surface area contributed by atoms with E-state index in [4.69, 9.17) is 4.74 Å². The fourth-order valence-corrected chi connectivity index (χ4v) is 1.27. The first-order valence-corrected chi connectivity index (χ1v) is 3.91. The molecule has 0 aliphatic heterocycles. The Morgan fingerprint density at radius 1 is 1.58 bits per heavy atom. The van der Waals surface area contributed by atoms with Crippen LogP contribution in [-0.2, 0) is 9.53 Å². The number of hydrogen-bond acceptors (Lipinski definition) is 3. The van der Waals surface area contributed by atoms with Crippen molar-refractivity contribution in [2.24, 2.45) is 5.92 Å². The summed E-state index contributed by atoms with van der Waals surface area (Å²) < 4.78 is 4.88. The van der Waals surface area contributed by atoms with Crippen LogP contribution >= 0.6 is 12.4 Å². The van der Waals surface area contributed by atoms with Crippen molar-refractivity contribution in [3.63, 3.8) is 0 Å². The molecule has 0 amide bonds. The summed E-state index contributed by atoms with van der Waals surface area (Å²) in [6.07, 6.45) is 1.17. The van der Waals surface area contributed by atoms with Gasteiger partial charge in [0.25, 0.3) is 0 Å². The van der Waals surface area contributed by atoms with Crippen molar-refractivity contribution in [1.29, 1.82) is 0 Å². The maximum atomic E-state index is 10.4. The number of ether oxygens (including phenoxy) is 1. The molecule has 0 aromatic carbocycles. The molecular formula is C8H16ClNO2. The van der Waals surface area contributed by atoms with Gasteiger partial charge in [-0.25, -0.2) is 0 Å². The number of carbonyl (C=O) groups excluding carboxylic acids is 1. The van der Waals surface area contributed by atoms with Crippen molar-refractivity contribution in [3.05, 3.63) is 0 Å². The number of carbonyl (C=O) groups is 1. The standard InChI is InChI=1S/C8H15NO2.ClH/c1-6(10)11-5-7-4-8(7)9(2)3;/h7-8H,4-5H2,1-3H3;1H/t7-,8-;/m0./s1. The number of esters is 1. The molecule has 0 unspecified atom stereocenters. The van der Waals surface area contributed by atoms with Crippen LogP contribution in [0.3, 0.4) is 0 Å². The Morgan fingerprint density at radius 2 is 2.17 bits per heavy atom. The van der Waals surface area contributed by atoms with Gasteiger partial charge in [-0.3, -0.25) is 4.79 Å². The fourth-order valence-electron chi connectivity index (χ4n) is 1.27. The Bertz CT molecular complexity index is 161. The molecule has 1 rings (SSSR count). The topological polar surface area (TPSA) is 29.5 Å². The molecule has 1 saturated carbocycles. The fraction of sp³-hybridized carbons (Fsp3) is 0.875. The Morgan fingerprint density at radius 3 is 2.50 bits per heavy atom. The first kappa shape index (κ1) is 11.7. The summed E-state index contributed by atoms with van der Waals surface area (Å²) in [5.74, 6) is 0.406. The molecule has 1 aliphatic carbocycles. The van der Waals surface area contributed by atoms with E-state index in [1.807, 2.05) is 0 Å². The molecule has 0 spiro atoms.